The lowest BCUT2D eigenvalue weighted by Gasteiger charge is -2.46. The van der Waals surface area contributed by atoms with Crippen LogP contribution in [0.25, 0.3) is 5.57 Å². The van der Waals surface area contributed by atoms with Crippen LogP contribution < -0.4 is 10.3 Å². The van der Waals surface area contributed by atoms with Gasteiger partial charge in [-0.15, -0.1) is 0 Å². The van der Waals surface area contributed by atoms with Crippen molar-refractivity contribution in [1.82, 2.24) is 5.43 Å². The molecule has 2 aromatic rings. The number of carbonyl (C=O) groups is 1. The largest absolute Gasteiger partial charge is 0.507 e. The van der Waals surface area contributed by atoms with E-state index in [0.29, 0.717) is 6.04 Å². The number of para-hydroxylation sites is 1. The number of anilines is 1. The molecule has 0 spiro atoms. The van der Waals surface area contributed by atoms with Crippen molar-refractivity contribution in [1.29, 1.82) is 0 Å². The van der Waals surface area contributed by atoms with Gasteiger partial charge < -0.3 is 10.0 Å². The molecule has 146 valence electrons. The minimum Gasteiger partial charge on any atom is -0.507 e. The number of phenolic OH excluding ortho intramolecular Hbond substituents is 1. The Hall–Kier alpha value is -3.08. The summed E-state index contributed by atoms with van der Waals surface area (Å²) in [5.74, 6) is -0.516. The number of hydrazone groups is 1. The van der Waals surface area contributed by atoms with Crippen LogP contribution in [0.4, 0.5) is 5.69 Å². The van der Waals surface area contributed by atoms with Gasteiger partial charge in [0.2, 0.25) is 0 Å². The van der Waals surface area contributed by atoms with Crippen LogP contribution in [0.3, 0.4) is 0 Å². The number of allylic oxidation sites excluding steroid dienone is 1. The lowest BCUT2D eigenvalue weighted by molar-refractivity contribution is 0.0952. The number of hydrogen-bond donors (Lipinski definition) is 2. The number of phenols is 1. The molecule has 1 heterocycles. The monoisotopic (exact) mass is 377 g/mol. The molecule has 0 aliphatic carbocycles. The molecule has 0 saturated heterocycles. The maximum Gasteiger partial charge on any atom is 0.275 e. The zero-order chi connectivity index (χ0) is 20.5. The third-order valence-corrected chi connectivity index (χ3v) is 4.94. The molecule has 0 fully saturated rings. The molecular formula is C23H27N3O2. The van der Waals surface area contributed by atoms with Crippen LogP contribution in [0.15, 0.2) is 53.6 Å². The van der Waals surface area contributed by atoms with E-state index in [1.54, 1.807) is 24.4 Å². The van der Waals surface area contributed by atoms with Gasteiger partial charge in [-0.3, -0.25) is 4.79 Å². The van der Waals surface area contributed by atoms with Gasteiger partial charge in [0.15, 0.2) is 0 Å². The highest BCUT2D eigenvalue weighted by atomic mass is 16.3. The Bertz CT molecular complexity index is 958. The van der Waals surface area contributed by atoms with Crippen LogP contribution in [0.5, 0.6) is 5.75 Å². The third kappa shape index (κ3) is 3.79. The van der Waals surface area contributed by atoms with E-state index >= 15 is 0 Å². The number of nitrogens with zero attached hydrogens (tertiary/aromatic N) is 2. The Labute approximate surface area is 166 Å². The molecule has 0 aromatic heterocycles. The van der Waals surface area contributed by atoms with Gasteiger partial charge in [0, 0.05) is 17.3 Å². The summed E-state index contributed by atoms with van der Waals surface area (Å²) in [5, 5.41) is 13.8. The summed E-state index contributed by atoms with van der Waals surface area (Å²) in [7, 11) is 0. The van der Waals surface area contributed by atoms with Crippen molar-refractivity contribution in [3.05, 3.63) is 65.2 Å². The molecule has 1 amide bonds. The summed E-state index contributed by atoms with van der Waals surface area (Å²) < 4.78 is 0. The topological polar surface area (TPSA) is 64.9 Å². The molecule has 2 aromatic carbocycles. The lowest BCUT2D eigenvalue weighted by Crippen LogP contribution is -2.49. The quantitative estimate of drug-likeness (QED) is 0.606. The summed E-state index contributed by atoms with van der Waals surface area (Å²) in [6, 6.07) is 12.9. The second-order valence-electron chi connectivity index (χ2n) is 7.94. The van der Waals surface area contributed by atoms with Crippen molar-refractivity contribution < 1.29 is 9.90 Å². The van der Waals surface area contributed by atoms with E-state index in [0.717, 1.165) is 5.56 Å². The van der Waals surface area contributed by atoms with E-state index in [2.05, 4.69) is 68.3 Å². The average Bonchev–Trinajstić information content (AvgIpc) is 2.61. The molecule has 0 unspecified atom stereocenters. The normalized spacial score (nSPS) is 15.5. The predicted molar refractivity (Wildman–Crippen MR) is 115 cm³/mol. The number of rotatable bonds is 4. The van der Waals surface area contributed by atoms with Crippen LogP contribution in [-0.2, 0) is 0 Å². The lowest BCUT2D eigenvalue weighted by atomic mass is 9.87. The number of nitrogens with one attached hydrogen (secondary N) is 1. The van der Waals surface area contributed by atoms with Gasteiger partial charge >= 0.3 is 0 Å². The SMILES string of the molecule is CC1=CC(C)(C)N(C(C)C)c2ccc(/C=N/NC(=O)c3ccccc3O)cc21. The van der Waals surface area contributed by atoms with Crippen molar-refractivity contribution in [2.45, 2.75) is 46.2 Å². The molecule has 2 N–H and O–H groups in total. The summed E-state index contributed by atoms with van der Waals surface area (Å²) in [4.78, 5) is 14.5. The molecule has 0 saturated carbocycles. The second kappa shape index (κ2) is 7.50. The molecule has 1 aliphatic heterocycles. The van der Waals surface area contributed by atoms with E-state index in [-0.39, 0.29) is 16.9 Å². The molecule has 1 aliphatic rings. The minimum absolute atomic E-state index is 0.0491. The fraction of sp³-hybridized carbons (Fsp3) is 0.304. The summed E-state index contributed by atoms with van der Waals surface area (Å²) in [6.07, 6.45) is 3.90. The van der Waals surface area contributed by atoms with Crippen LogP contribution in [0, 0.1) is 0 Å². The Balaban J connectivity index is 1.82. The zero-order valence-corrected chi connectivity index (χ0v) is 17.0. The van der Waals surface area contributed by atoms with Gasteiger partial charge in [-0.1, -0.05) is 24.3 Å². The fourth-order valence-corrected chi connectivity index (χ4v) is 3.98. The molecule has 5 heteroatoms. The van der Waals surface area contributed by atoms with Crippen molar-refractivity contribution in [3.8, 4) is 5.75 Å². The summed E-state index contributed by atoms with van der Waals surface area (Å²) in [6.45, 7) is 11.0. The number of fused-ring (bicyclic) bond motifs is 1. The first-order valence-electron chi connectivity index (χ1n) is 9.45. The van der Waals surface area contributed by atoms with Crippen molar-refractivity contribution in [2.24, 2.45) is 5.10 Å². The highest BCUT2D eigenvalue weighted by molar-refractivity contribution is 5.97. The Morgan fingerprint density at radius 3 is 2.61 bits per heavy atom. The Morgan fingerprint density at radius 1 is 1.21 bits per heavy atom. The van der Waals surface area contributed by atoms with Crippen LogP contribution in [0.1, 0.15) is 56.1 Å². The standard InChI is InChI=1S/C23H27N3O2/c1-15(2)26-20-11-10-17(12-19(20)16(3)13-23(26,4)5)14-24-25-22(28)18-8-6-7-9-21(18)27/h6-15,27H,1-5H3,(H,25,28)/b24-14+. The van der Waals surface area contributed by atoms with E-state index in [1.165, 1.54) is 22.9 Å². The number of carbonyl (C=O) groups excluding carboxylic acids is 1. The maximum absolute atomic E-state index is 12.1. The van der Waals surface area contributed by atoms with Gasteiger partial charge in [0.25, 0.3) is 5.91 Å². The van der Waals surface area contributed by atoms with Crippen LogP contribution in [0.2, 0.25) is 0 Å². The van der Waals surface area contributed by atoms with Gasteiger partial charge in [0.05, 0.1) is 17.3 Å². The highest BCUT2D eigenvalue weighted by Gasteiger charge is 2.32. The van der Waals surface area contributed by atoms with Gasteiger partial charge in [0.1, 0.15) is 5.75 Å². The first-order valence-corrected chi connectivity index (χ1v) is 9.45. The first-order chi connectivity index (χ1) is 13.2. The van der Waals surface area contributed by atoms with E-state index in [1.807, 2.05) is 6.07 Å². The molecule has 0 bridgehead atoms. The summed E-state index contributed by atoms with van der Waals surface area (Å²) in [5.41, 5.74) is 7.11. The van der Waals surface area contributed by atoms with E-state index < -0.39 is 5.91 Å². The molecule has 5 nitrogen and oxygen atoms in total. The van der Waals surface area contributed by atoms with Crippen molar-refractivity contribution >= 4 is 23.4 Å². The highest BCUT2D eigenvalue weighted by Crippen LogP contribution is 2.40. The van der Waals surface area contributed by atoms with Gasteiger partial charge in [-0.05, 0) is 70.0 Å². The Morgan fingerprint density at radius 2 is 1.93 bits per heavy atom. The molecule has 0 radical (unpaired) electrons. The second-order valence-corrected chi connectivity index (χ2v) is 7.94. The molecule has 0 atom stereocenters. The minimum atomic E-state index is -0.448. The van der Waals surface area contributed by atoms with Crippen molar-refractivity contribution in [3.63, 3.8) is 0 Å². The fourth-order valence-electron chi connectivity index (χ4n) is 3.98. The van der Waals surface area contributed by atoms with E-state index in [4.69, 9.17) is 0 Å². The molecule has 3 rings (SSSR count). The summed E-state index contributed by atoms with van der Waals surface area (Å²) >= 11 is 0. The van der Waals surface area contributed by atoms with E-state index in [9.17, 15) is 9.90 Å². The predicted octanol–water partition coefficient (Wildman–Crippen LogP) is 4.57. The van der Waals surface area contributed by atoms with Gasteiger partial charge in [-0.2, -0.15) is 5.10 Å². The Kier molecular flexibility index (Phi) is 5.27. The number of hydrogen-bond acceptors (Lipinski definition) is 4. The maximum atomic E-state index is 12.1. The first kappa shape index (κ1) is 19.7. The number of amides is 1. The average molecular weight is 377 g/mol. The smallest absolute Gasteiger partial charge is 0.275 e. The third-order valence-electron chi connectivity index (χ3n) is 4.94. The number of aromatic hydroxyl groups is 1. The van der Waals surface area contributed by atoms with Gasteiger partial charge in [-0.25, -0.2) is 5.43 Å². The molecule has 28 heavy (non-hydrogen) atoms. The number of benzene rings is 2. The molecular weight excluding hydrogens is 350 g/mol. The van der Waals surface area contributed by atoms with Crippen LogP contribution >= 0.6 is 0 Å². The zero-order valence-electron chi connectivity index (χ0n) is 17.0. The van der Waals surface area contributed by atoms with Crippen LogP contribution in [-0.4, -0.2) is 28.8 Å². The van der Waals surface area contributed by atoms with Crippen molar-refractivity contribution in [2.75, 3.05) is 4.90 Å².